The highest BCUT2D eigenvalue weighted by Crippen LogP contribution is 2.39. The van der Waals surface area contributed by atoms with Crippen molar-refractivity contribution >= 4 is 33.6 Å². The molecule has 1 aliphatic rings. The molecule has 38 heavy (non-hydrogen) atoms. The summed E-state index contributed by atoms with van der Waals surface area (Å²) in [5, 5.41) is 0.866. The van der Waals surface area contributed by atoms with Crippen LogP contribution in [0.1, 0.15) is 35.0 Å². The van der Waals surface area contributed by atoms with E-state index in [2.05, 4.69) is 0 Å². The molecule has 8 heteroatoms. The highest BCUT2D eigenvalue weighted by Gasteiger charge is 2.27. The Balaban J connectivity index is 1.34. The minimum atomic E-state index is -0.381. The number of rotatable bonds is 7. The first-order chi connectivity index (χ1) is 18.5. The summed E-state index contributed by atoms with van der Waals surface area (Å²) in [4.78, 5) is 41.5. The van der Waals surface area contributed by atoms with E-state index in [9.17, 15) is 14.4 Å². The fourth-order valence-corrected chi connectivity index (χ4v) is 6.12. The number of hydrogen-bond donors (Lipinski definition) is 0. The van der Waals surface area contributed by atoms with Gasteiger partial charge in [0.2, 0.25) is 0 Å². The van der Waals surface area contributed by atoms with Gasteiger partial charge in [-0.3, -0.25) is 9.36 Å². The van der Waals surface area contributed by atoms with Gasteiger partial charge in [-0.15, -0.1) is 11.3 Å². The van der Waals surface area contributed by atoms with Gasteiger partial charge in [-0.1, -0.05) is 60.7 Å². The molecule has 1 aliphatic heterocycles. The van der Waals surface area contributed by atoms with Crippen molar-refractivity contribution in [1.29, 1.82) is 0 Å². The third-order valence-electron chi connectivity index (χ3n) is 6.87. The standard InChI is InChI=1S/C30H30N2O5S/c1-2-36-29(34)27-26(23-11-7-4-8-12-23)24-13-14-25(33)32(28(24)38-27)19-21-15-17-31(18-16-21)30(35)37-20-22-9-5-3-6-10-22/h3-14,21H,2,15-20H2,1H3. The molecule has 0 spiro atoms. The van der Waals surface area contributed by atoms with Gasteiger partial charge in [0.05, 0.1) is 6.61 Å². The fourth-order valence-electron chi connectivity index (χ4n) is 4.90. The van der Waals surface area contributed by atoms with E-state index in [4.69, 9.17) is 9.47 Å². The number of pyridine rings is 1. The Bertz CT molecular complexity index is 1470. The lowest BCUT2D eigenvalue weighted by molar-refractivity contribution is 0.0533. The van der Waals surface area contributed by atoms with E-state index < -0.39 is 0 Å². The monoisotopic (exact) mass is 530 g/mol. The quantitative estimate of drug-likeness (QED) is 0.276. The predicted octanol–water partition coefficient (Wildman–Crippen LogP) is 5.96. The summed E-state index contributed by atoms with van der Waals surface area (Å²) in [6.07, 6.45) is 1.23. The Hall–Kier alpha value is -3.91. The average Bonchev–Trinajstić information content (AvgIpc) is 3.35. The van der Waals surface area contributed by atoms with Crippen LogP contribution in [0, 0.1) is 5.92 Å². The molecule has 1 saturated heterocycles. The van der Waals surface area contributed by atoms with Gasteiger partial charge in [-0.25, -0.2) is 9.59 Å². The van der Waals surface area contributed by atoms with E-state index in [1.165, 1.54) is 11.3 Å². The number of esters is 1. The molecule has 0 N–H and O–H groups in total. The summed E-state index contributed by atoms with van der Waals surface area (Å²) < 4.78 is 12.6. The first-order valence-electron chi connectivity index (χ1n) is 12.9. The highest BCUT2D eigenvalue weighted by molar-refractivity contribution is 7.21. The third kappa shape index (κ3) is 5.50. The second-order valence-corrected chi connectivity index (χ2v) is 10.4. The molecule has 5 rings (SSSR count). The second kappa shape index (κ2) is 11.6. The number of likely N-dealkylation sites (tertiary alicyclic amines) is 1. The molecular weight excluding hydrogens is 500 g/mol. The van der Waals surface area contributed by atoms with E-state index in [0.717, 1.165) is 39.7 Å². The topological polar surface area (TPSA) is 77.8 Å². The summed E-state index contributed by atoms with van der Waals surface area (Å²) in [6, 6.07) is 22.7. The normalized spacial score (nSPS) is 14.0. The van der Waals surface area contributed by atoms with Crippen molar-refractivity contribution in [2.24, 2.45) is 5.92 Å². The molecule has 3 heterocycles. The van der Waals surface area contributed by atoms with Crippen molar-refractivity contribution in [1.82, 2.24) is 9.47 Å². The summed E-state index contributed by atoms with van der Waals surface area (Å²) >= 11 is 1.31. The molecule has 0 saturated carbocycles. The molecule has 1 fully saturated rings. The van der Waals surface area contributed by atoms with E-state index in [1.807, 2.05) is 60.7 Å². The van der Waals surface area contributed by atoms with Crippen LogP contribution in [0.3, 0.4) is 0 Å². The molecule has 0 radical (unpaired) electrons. The van der Waals surface area contributed by atoms with Crippen LogP contribution in [-0.2, 0) is 22.6 Å². The fraction of sp³-hybridized carbons (Fsp3) is 0.300. The maximum absolute atomic E-state index is 13.0. The highest BCUT2D eigenvalue weighted by atomic mass is 32.1. The maximum Gasteiger partial charge on any atom is 0.410 e. The zero-order chi connectivity index (χ0) is 26.5. The first kappa shape index (κ1) is 25.7. The number of carbonyl (C=O) groups excluding carboxylic acids is 2. The van der Waals surface area contributed by atoms with Crippen molar-refractivity contribution < 1.29 is 19.1 Å². The molecule has 0 unspecified atom stereocenters. The van der Waals surface area contributed by atoms with Gasteiger partial charge in [-0.05, 0) is 42.9 Å². The first-order valence-corrected chi connectivity index (χ1v) is 13.7. The van der Waals surface area contributed by atoms with E-state index in [0.29, 0.717) is 24.5 Å². The van der Waals surface area contributed by atoms with E-state index in [-0.39, 0.29) is 36.8 Å². The molecule has 2 aromatic carbocycles. The molecule has 2 aromatic heterocycles. The van der Waals surface area contributed by atoms with Gasteiger partial charge in [0.25, 0.3) is 5.56 Å². The Labute approximate surface area is 225 Å². The molecule has 0 bridgehead atoms. The summed E-state index contributed by atoms with van der Waals surface area (Å²) in [6.45, 7) is 4.00. The molecular formula is C30H30N2O5S. The molecule has 1 amide bonds. The number of benzene rings is 2. The van der Waals surface area contributed by atoms with Gasteiger partial charge >= 0.3 is 12.1 Å². The summed E-state index contributed by atoms with van der Waals surface area (Å²) in [5.74, 6) is -0.154. The molecule has 0 atom stereocenters. The number of ether oxygens (including phenoxy) is 2. The van der Waals surface area contributed by atoms with Gasteiger partial charge in [0.15, 0.2) is 0 Å². The SMILES string of the molecule is CCOC(=O)c1sc2c(ccc(=O)n2CC2CCN(C(=O)OCc3ccccc3)CC2)c1-c1ccccc1. The Morgan fingerprint density at radius 3 is 2.29 bits per heavy atom. The zero-order valence-corrected chi connectivity index (χ0v) is 22.1. The average molecular weight is 531 g/mol. The van der Waals surface area contributed by atoms with E-state index in [1.54, 1.807) is 28.5 Å². The van der Waals surface area contributed by atoms with Crippen molar-refractivity contribution in [2.45, 2.75) is 32.9 Å². The number of hydrogen-bond acceptors (Lipinski definition) is 6. The van der Waals surface area contributed by atoms with Crippen LogP contribution < -0.4 is 5.56 Å². The largest absolute Gasteiger partial charge is 0.462 e. The van der Waals surface area contributed by atoms with Crippen molar-refractivity contribution in [3.8, 4) is 11.1 Å². The maximum atomic E-state index is 13.0. The van der Waals surface area contributed by atoms with Gasteiger partial charge in [-0.2, -0.15) is 0 Å². The lowest BCUT2D eigenvalue weighted by Crippen LogP contribution is -2.40. The molecule has 7 nitrogen and oxygen atoms in total. The number of thiophene rings is 1. The Kier molecular flexibility index (Phi) is 7.89. The number of amides is 1. The van der Waals surface area contributed by atoms with Crippen molar-refractivity contribution in [3.05, 3.63) is 93.6 Å². The lowest BCUT2D eigenvalue weighted by atomic mass is 9.96. The van der Waals surface area contributed by atoms with Gasteiger partial charge < -0.3 is 14.4 Å². The number of fused-ring (bicyclic) bond motifs is 1. The van der Waals surface area contributed by atoms with Crippen LogP contribution in [-0.4, -0.2) is 41.2 Å². The predicted molar refractivity (Wildman–Crippen MR) is 148 cm³/mol. The molecule has 0 aliphatic carbocycles. The van der Waals surface area contributed by atoms with Crippen LogP contribution in [0.25, 0.3) is 21.3 Å². The summed E-state index contributed by atoms with van der Waals surface area (Å²) in [7, 11) is 0. The van der Waals surface area contributed by atoms with Gasteiger partial charge in [0, 0.05) is 36.7 Å². The minimum absolute atomic E-state index is 0.0986. The van der Waals surface area contributed by atoms with Crippen LogP contribution >= 0.6 is 11.3 Å². The van der Waals surface area contributed by atoms with E-state index >= 15 is 0 Å². The Morgan fingerprint density at radius 1 is 0.921 bits per heavy atom. The van der Waals surface area contributed by atoms with Crippen LogP contribution in [0.15, 0.2) is 77.6 Å². The van der Waals surface area contributed by atoms with Gasteiger partial charge in [0.1, 0.15) is 16.3 Å². The second-order valence-electron chi connectivity index (χ2n) is 9.36. The summed E-state index contributed by atoms with van der Waals surface area (Å²) in [5.41, 5.74) is 2.57. The number of aromatic nitrogens is 1. The molecule has 4 aromatic rings. The smallest absolute Gasteiger partial charge is 0.410 e. The third-order valence-corrected chi connectivity index (χ3v) is 8.08. The lowest BCUT2D eigenvalue weighted by Gasteiger charge is -2.31. The van der Waals surface area contributed by atoms with Crippen molar-refractivity contribution in [3.63, 3.8) is 0 Å². The zero-order valence-electron chi connectivity index (χ0n) is 21.3. The van der Waals surface area contributed by atoms with Crippen LogP contribution in [0.4, 0.5) is 4.79 Å². The number of piperidine rings is 1. The minimum Gasteiger partial charge on any atom is -0.462 e. The van der Waals surface area contributed by atoms with Crippen LogP contribution in [0.2, 0.25) is 0 Å². The van der Waals surface area contributed by atoms with Crippen molar-refractivity contribution in [2.75, 3.05) is 19.7 Å². The number of carbonyl (C=O) groups is 2. The number of nitrogens with zero attached hydrogens (tertiary/aromatic N) is 2. The van der Waals surface area contributed by atoms with Crippen LogP contribution in [0.5, 0.6) is 0 Å². The Morgan fingerprint density at radius 2 is 1.61 bits per heavy atom. The molecule has 196 valence electrons.